The highest BCUT2D eigenvalue weighted by Crippen LogP contribution is 2.16. The van der Waals surface area contributed by atoms with Gasteiger partial charge in [0.1, 0.15) is 5.75 Å². The molecular weight excluding hydrogens is 280 g/mol. The minimum Gasteiger partial charge on any atom is -0.496 e. The molecule has 0 bridgehead atoms. The number of carbonyl (C=O) groups is 2. The maximum atomic E-state index is 12.1. The van der Waals surface area contributed by atoms with E-state index in [1.54, 1.807) is 36.4 Å². The molecule has 0 aliphatic rings. The average molecular weight is 298 g/mol. The summed E-state index contributed by atoms with van der Waals surface area (Å²) >= 11 is 0. The van der Waals surface area contributed by atoms with Gasteiger partial charge >= 0.3 is 0 Å². The fourth-order valence-corrected chi connectivity index (χ4v) is 1.98. The molecule has 0 fully saturated rings. The summed E-state index contributed by atoms with van der Waals surface area (Å²) in [7, 11) is 1.49. The number of carbonyl (C=O) groups excluding carboxylic acids is 2. The zero-order chi connectivity index (χ0) is 15.9. The van der Waals surface area contributed by atoms with E-state index in [0.29, 0.717) is 16.9 Å². The summed E-state index contributed by atoms with van der Waals surface area (Å²) in [6, 6.07) is 14.0. The predicted octanol–water partition coefficient (Wildman–Crippen LogP) is 2.33. The Kier molecular flexibility index (Phi) is 5.14. The Labute approximate surface area is 129 Å². The van der Waals surface area contributed by atoms with Crippen LogP contribution in [-0.2, 0) is 6.42 Å². The summed E-state index contributed by atoms with van der Waals surface area (Å²) < 4.78 is 5.11. The number of hydrogen-bond donors (Lipinski definition) is 2. The van der Waals surface area contributed by atoms with Gasteiger partial charge in [-0.25, -0.2) is 0 Å². The van der Waals surface area contributed by atoms with Crippen molar-refractivity contribution in [3.05, 3.63) is 65.2 Å². The predicted molar refractivity (Wildman–Crippen MR) is 83.7 cm³/mol. The highest BCUT2D eigenvalue weighted by atomic mass is 16.5. The van der Waals surface area contributed by atoms with Gasteiger partial charge in [0.25, 0.3) is 11.8 Å². The van der Waals surface area contributed by atoms with Crippen molar-refractivity contribution in [3.8, 4) is 5.75 Å². The molecule has 2 aromatic rings. The van der Waals surface area contributed by atoms with Crippen LogP contribution in [0.5, 0.6) is 5.75 Å². The van der Waals surface area contributed by atoms with Crippen LogP contribution in [0.1, 0.15) is 33.2 Å². The summed E-state index contributed by atoms with van der Waals surface area (Å²) in [6.07, 6.45) is 0.909. The van der Waals surface area contributed by atoms with E-state index in [-0.39, 0.29) is 5.91 Å². The molecule has 0 aromatic heterocycles. The number of rotatable bonds is 4. The number of aryl methyl sites for hydroxylation is 1. The van der Waals surface area contributed by atoms with E-state index in [0.717, 1.165) is 12.0 Å². The van der Waals surface area contributed by atoms with Gasteiger partial charge in [0.05, 0.1) is 12.7 Å². The van der Waals surface area contributed by atoms with Crippen molar-refractivity contribution in [1.82, 2.24) is 10.9 Å². The standard InChI is InChI=1S/C17H18N2O3/c1-3-12-8-10-13(11-9-12)16(20)18-19-17(21)14-6-4-5-7-15(14)22-2/h4-11H,3H2,1-2H3,(H,18,20)(H,19,21). The van der Waals surface area contributed by atoms with Gasteiger partial charge in [-0.05, 0) is 36.2 Å². The van der Waals surface area contributed by atoms with Crippen LogP contribution in [0.15, 0.2) is 48.5 Å². The van der Waals surface area contributed by atoms with Crippen molar-refractivity contribution in [2.45, 2.75) is 13.3 Å². The topological polar surface area (TPSA) is 67.4 Å². The lowest BCUT2D eigenvalue weighted by molar-refractivity contribution is 0.0845. The lowest BCUT2D eigenvalue weighted by atomic mass is 10.1. The fraction of sp³-hybridized carbons (Fsp3) is 0.176. The first-order valence-corrected chi connectivity index (χ1v) is 6.98. The molecule has 22 heavy (non-hydrogen) atoms. The zero-order valence-electron chi connectivity index (χ0n) is 12.6. The number of nitrogens with one attached hydrogen (secondary N) is 2. The molecule has 2 aromatic carbocycles. The molecular formula is C17H18N2O3. The molecule has 114 valence electrons. The molecule has 0 radical (unpaired) electrons. The first kappa shape index (κ1) is 15.6. The second-order valence-electron chi connectivity index (χ2n) is 4.66. The van der Waals surface area contributed by atoms with Gasteiger partial charge in [0, 0.05) is 5.56 Å². The highest BCUT2D eigenvalue weighted by molar-refractivity contribution is 6.00. The molecule has 0 atom stereocenters. The monoisotopic (exact) mass is 298 g/mol. The number of hydrogen-bond acceptors (Lipinski definition) is 3. The van der Waals surface area contributed by atoms with Crippen LogP contribution in [-0.4, -0.2) is 18.9 Å². The lowest BCUT2D eigenvalue weighted by Crippen LogP contribution is -2.41. The van der Waals surface area contributed by atoms with E-state index < -0.39 is 5.91 Å². The fourth-order valence-electron chi connectivity index (χ4n) is 1.98. The van der Waals surface area contributed by atoms with Crippen LogP contribution in [0, 0.1) is 0 Å². The smallest absolute Gasteiger partial charge is 0.273 e. The Bertz CT molecular complexity index is 666. The first-order chi connectivity index (χ1) is 10.7. The Hall–Kier alpha value is -2.82. The number of methoxy groups -OCH3 is 1. The summed E-state index contributed by atoms with van der Waals surface area (Å²) in [5, 5.41) is 0. The molecule has 0 aliphatic heterocycles. The third-order valence-electron chi connectivity index (χ3n) is 3.27. The summed E-state index contributed by atoms with van der Waals surface area (Å²) in [4.78, 5) is 24.0. The van der Waals surface area contributed by atoms with Crippen LogP contribution >= 0.6 is 0 Å². The van der Waals surface area contributed by atoms with Crippen LogP contribution in [0.3, 0.4) is 0 Å². The van der Waals surface area contributed by atoms with Gasteiger partial charge in [0.15, 0.2) is 0 Å². The molecule has 5 nitrogen and oxygen atoms in total. The van der Waals surface area contributed by atoms with E-state index in [1.807, 2.05) is 19.1 Å². The third kappa shape index (κ3) is 3.63. The SMILES string of the molecule is CCc1ccc(C(=O)NNC(=O)c2ccccc2OC)cc1. The van der Waals surface area contributed by atoms with E-state index >= 15 is 0 Å². The Morgan fingerprint density at radius 1 is 0.955 bits per heavy atom. The average Bonchev–Trinajstić information content (AvgIpc) is 2.59. The van der Waals surface area contributed by atoms with Gasteiger partial charge in [-0.1, -0.05) is 31.2 Å². The lowest BCUT2D eigenvalue weighted by Gasteiger charge is -2.10. The number of para-hydroxylation sites is 1. The van der Waals surface area contributed by atoms with E-state index in [2.05, 4.69) is 10.9 Å². The minimum absolute atomic E-state index is 0.353. The normalized spacial score (nSPS) is 9.91. The Balaban J connectivity index is 1.99. The van der Waals surface area contributed by atoms with Crippen LogP contribution < -0.4 is 15.6 Å². The number of amides is 2. The quantitative estimate of drug-likeness (QED) is 0.851. The van der Waals surface area contributed by atoms with Crippen molar-refractivity contribution in [2.24, 2.45) is 0 Å². The minimum atomic E-state index is -0.434. The van der Waals surface area contributed by atoms with Gasteiger partial charge in [-0.2, -0.15) is 0 Å². The van der Waals surface area contributed by atoms with Crippen molar-refractivity contribution >= 4 is 11.8 Å². The van der Waals surface area contributed by atoms with Gasteiger partial charge in [-0.3, -0.25) is 20.4 Å². The van der Waals surface area contributed by atoms with Crippen LogP contribution in [0.4, 0.5) is 0 Å². The van der Waals surface area contributed by atoms with Crippen LogP contribution in [0.2, 0.25) is 0 Å². The maximum Gasteiger partial charge on any atom is 0.273 e. The molecule has 0 saturated carbocycles. The molecule has 0 unspecified atom stereocenters. The van der Waals surface area contributed by atoms with Crippen molar-refractivity contribution in [3.63, 3.8) is 0 Å². The second kappa shape index (κ2) is 7.26. The van der Waals surface area contributed by atoms with Crippen LogP contribution in [0.25, 0.3) is 0 Å². The van der Waals surface area contributed by atoms with Gasteiger partial charge in [-0.15, -0.1) is 0 Å². The van der Waals surface area contributed by atoms with Gasteiger partial charge < -0.3 is 4.74 Å². The third-order valence-corrected chi connectivity index (χ3v) is 3.27. The molecule has 5 heteroatoms. The zero-order valence-corrected chi connectivity index (χ0v) is 12.6. The Morgan fingerprint density at radius 3 is 2.23 bits per heavy atom. The largest absolute Gasteiger partial charge is 0.496 e. The summed E-state index contributed by atoms with van der Waals surface area (Å²) in [5.74, 6) is -0.358. The molecule has 0 heterocycles. The second-order valence-corrected chi connectivity index (χ2v) is 4.66. The number of benzene rings is 2. The van der Waals surface area contributed by atoms with Crippen molar-refractivity contribution in [1.29, 1.82) is 0 Å². The summed E-state index contributed by atoms with van der Waals surface area (Å²) in [6.45, 7) is 2.04. The van der Waals surface area contributed by atoms with Gasteiger partial charge in [0.2, 0.25) is 0 Å². The van der Waals surface area contributed by atoms with E-state index in [9.17, 15) is 9.59 Å². The Morgan fingerprint density at radius 2 is 1.59 bits per heavy atom. The highest BCUT2D eigenvalue weighted by Gasteiger charge is 2.12. The first-order valence-electron chi connectivity index (χ1n) is 6.98. The van der Waals surface area contributed by atoms with E-state index in [4.69, 9.17) is 4.74 Å². The van der Waals surface area contributed by atoms with Crippen molar-refractivity contribution in [2.75, 3.05) is 7.11 Å². The number of ether oxygens (including phenoxy) is 1. The van der Waals surface area contributed by atoms with E-state index in [1.165, 1.54) is 7.11 Å². The number of hydrazine groups is 1. The molecule has 2 amide bonds. The maximum absolute atomic E-state index is 12.1. The van der Waals surface area contributed by atoms with Crippen molar-refractivity contribution < 1.29 is 14.3 Å². The summed E-state index contributed by atoms with van der Waals surface area (Å²) in [5.41, 5.74) is 6.76. The molecule has 0 aliphatic carbocycles. The molecule has 2 rings (SSSR count). The molecule has 2 N–H and O–H groups in total. The molecule has 0 spiro atoms. The molecule has 0 saturated heterocycles.